The molecule has 0 saturated heterocycles. The fourth-order valence-corrected chi connectivity index (χ4v) is 1.13. The summed E-state index contributed by atoms with van der Waals surface area (Å²) in [4.78, 5) is 15.4. The van der Waals surface area contributed by atoms with Gasteiger partial charge in [0.05, 0.1) is 5.69 Å². The predicted molar refractivity (Wildman–Crippen MR) is 52.8 cm³/mol. The number of rotatable bonds is 1. The molecule has 0 unspecified atom stereocenters. The van der Waals surface area contributed by atoms with Crippen molar-refractivity contribution in [2.75, 3.05) is 17.7 Å². The second kappa shape index (κ2) is 3.61. The third-order valence-corrected chi connectivity index (χ3v) is 1.95. The van der Waals surface area contributed by atoms with E-state index in [0.717, 1.165) is 4.90 Å². The molecule has 1 amide bonds. The standard InChI is InChI=1S/C7H8BrN3O2/c1-11(7(12)13)5-2-4(8)3-10-6(5)9/h2-3H,1H3,(H2,9,10)(H,12,13). The lowest BCUT2D eigenvalue weighted by molar-refractivity contribution is 0.203. The molecule has 5 nitrogen and oxygen atoms in total. The summed E-state index contributed by atoms with van der Waals surface area (Å²) in [5, 5.41) is 8.68. The van der Waals surface area contributed by atoms with Gasteiger partial charge in [-0.15, -0.1) is 0 Å². The van der Waals surface area contributed by atoms with Crippen molar-refractivity contribution in [3.05, 3.63) is 16.7 Å². The van der Waals surface area contributed by atoms with E-state index in [9.17, 15) is 4.79 Å². The van der Waals surface area contributed by atoms with Crippen LogP contribution in [0, 0.1) is 0 Å². The summed E-state index contributed by atoms with van der Waals surface area (Å²) in [6, 6.07) is 1.59. The lowest BCUT2D eigenvalue weighted by atomic mass is 10.3. The topological polar surface area (TPSA) is 79.5 Å². The molecule has 13 heavy (non-hydrogen) atoms. The molecular weight excluding hydrogens is 238 g/mol. The third kappa shape index (κ3) is 2.09. The van der Waals surface area contributed by atoms with E-state index >= 15 is 0 Å². The van der Waals surface area contributed by atoms with Gasteiger partial charge in [0.15, 0.2) is 0 Å². The molecule has 0 aliphatic carbocycles. The number of carbonyl (C=O) groups is 1. The monoisotopic (exact) mass is 245 g/mol. The summed E-state index contributed by atoms with van der Waals surface area (Å²) >= 11 is 3.18. The Morgan fingerprint density at radius 2 is 2.38 bits per heavy atom. The van der Waals surface area contributed by atoms with Crippen LogP contribution in [0.2, 0.25) is 0 Å². The highest BCUT2D eigenvalue weighted by atomic mass is 79.9. The lowest BCUT2D eigenvalue weighted by Gasteiger charge is -2.14. The van der Waals surface area contributed by atoms with Gasteiger partial charge in [-0.25, -0.2) is 9.78 Å². The Bertz CT molecular complexity index is 343. The number of halogens is 1. The zero-order chi connectivity index (χ0) is 10.0. The van der Waals surface area contributed by atoms with Gasteiger partial charge in [-0.2, -0.15) is 0 Å². The van der Waals surface area contributed by atoms with Gasteiger partial charge in [-0.05, 0) is 22.0 Å². The van der Waals surface area contributed by atoms with Gasteiger partial charge in [0.25, 0.3) is 0 Å². The van der Waals surface area contributed by atoms with Crippen molar-refractivity contribution in [2.45, 2.75) is 0 Å². The average Bonchev–Trinajstić information content (AvgIpc) is 2.08. The van der Waals surface area contributed by atoms with Gasteiger partial charge in [0.1, 0.15) is 5.82 Å². The molecule has 0 spiro atoms. The molecule has 1 rings (SSSR count). The van der Waals surface area contributed by atoms with E-state index < -0.39 is 6.09 Å². The SMILES string of the molecule is CN(C(=O)O)c1cc(Br)cnc1N. The Kier molecular flexibility index (Phi) is 2.72. The summed E-state index contributed by atoms with van der Waals surface area (Å²) in [6.07, 6.45) is 0.431. The number of nitrogen functional groups attached to an aromatic ring is 1. The molecule has 1 aromatic rings. The molecule has 0 atom stereocenters. The maximum absolute atomic E-state index is 10.6. The van der Waals surface area contributed by atoms with Crippen LogP contribution in [0.4, 0.5) is 16.3 Å². The van der Waals surface area contributed by atoms with Crippen molar-refractivity contribution in [3.63, 3.8) is 0 Å². The molecule has 0 fully saturated rings. The normalized spacial score (nSPS) is 9.69. The molecule has 0 aromatic carbocycles. The number of carboxylic acid groups (broad SMARTS) is 1. The Morgan fingerprint density at radius 3 is 2.92 bits per heavy atom. The first-order chi connectivity index (χ1) is 6.02. The Labute approximate surface area is 83.3 Å². The van der Waals surface area contributed by atoms with Gasteiger partial charge < -0.3 is 10.8 Å². The van der Waals surface area contributed by atoms with Gasteiger partial charge in [0.2, 0.25) is 0 Å². The van der Waals surface area contributed by atoms with Crippen LogP contribution in [0.3, 0.4) is 0 Å². The zero-order valence-electron chi connectivity index (χ0n) is 6.86. The third-order valence-electron chi connectivity index (χ3n) is 1.51. The highest BCUT2D eigenvalue weighted by molar-refractivity contribution is 9.10. The fraction of sp³-hybridized carbons (Fsp3) is 0.143. The summed E-state index contributed by atoms with van der Waals surface area (Å²) < 4.78 is 0.685. The molecule has 1 aromatic heterocycles. The Morgan fingerprint density at radius 1 is 1.77 bits per heavy atom. The van der Waals surface area contributed by atoms with Gasteiger partial charge >= 0.3 is 6.09 Å². The molecule has 6 heteroatoms. The van der Waals surface area contributed by atoms with E-state index in [1.165, 1.54) is 13.2 Å². The lowest BCUT2D eigenvalue weighted by Crippen LogP contribution is -2.25. The maximum Gasteiger partial charge on any atom is 0.411 e. The zero-order valence-corrected chi connectivity index (χ0v) is 8.45. The molecule has 0 saturated carbocycles. The predicted octanol–water partition coefficient (Wildman–Crippen LogP) is 1.54. The quantitative estimate of drug-likeness (QED) is 0.787. The van der Waals surface area contributed by atoms with E-state index in [4.69, 9.17) is 10.8 Å². The van der Waals surface area contributed by atoms with Crippen molar-refractivity contribution in [3.8, 4) is 0 Å². The number of aromatic nitrogens is 1. The van der Waals surface area contributed by atoms with Crippen LogP contribution >= 0.6 is 15.9 Å². The summed E-state index contributed by atoms with van der Waals surface area (Å²) in [5.74, 6) is 0.188. The van der Waals surface area contributed by atoms with E-state index in [0.29, 0.717) is 10.2 Å². The molecule has 1 heterocycles. The first-order valence-corrected chi connectivity index (χ1v) is 4.19. The highest BCUT2D eigenvalue weighted by Crippen LogP contribution is 2.23. The minimum Gasteiger partial charge on any atom is -0.465 e. The maximum atomic E-state index is 10.6. The van der Waals surface area contributed by atoms with Crippen LogP contribution in [0.1, 0.15) is 0 Å². The van der Waals surface area contributed by atoms with Crippen LogP contribution in [-0.4, -0.2) is 23.2 Å². The summed E-state index contributed by atoms with van der Waals surface area (Å²) in [5.41, 5.74) is 5.85. The minimum atomic E-state index is -1.08. The Balaban J connectivity index is 3.12. The molecule has 70 valence electrons. The number of nitrogens with two attached hydrogens (primary N) is 1. The molecule has 0 bridgehead atoms. The number of anilines is 2. The van der Waals surface area contributed by atoms with Crippen LogP contribution in [0.5, 0.6) is 0 Å². The number of pyridine rings is 1. The average molecular weight is 246 g/mol. The highest BCUT2D eigenvalue weighted by Gasteiger charge is 2.12. The molecule has 0 radical (unpaired) electrons. The van der Waals surface area contributed by atoms with Crippen molar-refractivity contribution in [2.24, 2.45) is 0 Å². The minimum absolute atomic E-state index is 0.188. The van der Waals surface area contributed by atoms with Crippen LogP contribution in [0.15, 0.2) is 16.7 Å². The second-order valence-corrected chi connectivity index (χ2v) is 3.32. The fourth-order valence-electron chi connectivity index (χ4n) is 0.811. The van der Waals surface area contributed by atoms with Gasteiger partial charge in [0, 0.05) is 17.7 Å². The van der Waals surface area contributed by atoms with Crippen molar-refractivity contribution in [1.82, 2.24) is 4.98 Å². The number of amides is 1. The molecule has 0 aliphatic rings. The summed E-state index contributed by atoms with van der Waals surface area (Å²) in [7, 11) is 1.40. The summed E-state index contributed by atoms with van der Waals surface area (Å²) in [6.45, 7) is 0. The number of nitrogens with zero attached hydrogens (tertiary/aromatic N) is 2. The number of hydrogen-bond donors (Lipinski definition) is 2. The van der Waals surface area contributed by atoms with E-state index in [-0.39, 0.29) is 5.82 Å². The molecular formula is C7H8BrN3O2. The van der Waals surface area contributed by atoms with E-state index in [1.54, 1.807) is 6.07 Å². The van der Waals surface area contributed by atoms with E-state index in [2.05, 4.69) is 20.9 Å². The first kappa shape index (κ1) is 9.79. The smallest absolute Gasteiger partial charge is 0.411 e. The molecule has 3 N–H and O–H groups in total. The van der Waals surface area contributed by atoms with Crippen LogP contribution in [0.25, 0.3) is 0 Å². The van der Waals surface area contributed by atoms with Gasteiger partial charge in [-0.3, -0.25) is 4.90 Å². The Hall–Kier alpha value is -1.30. The van der Waals surface area contributed by atoms with Crippen molar-refractivity contribution >= 4 is 33.5 Å². The van der Waals surface area contributed by atoms with Crippen molar-refractivity contribution < 1.29 is 9.90 Å². The largest absolute Gasteiger partial charge is 0.465 e. The van der Waals surface area contributed by atoms with Crippen LogP contribution < -0.4 is 10.6 Å². The first-order valence-electron chi connectivity index (χ1n) is 3.40. The van der Waals surface area contributed by atoms with Crippen molar-refractivity contribution in [1.29, 1.82) is 0 Å². The second-order valence-electron chi connectivity index (χ2n) is 2.40. The van der Waals surface area contributed by atoms with Crippen LogP contribution in [-0.2, 0) is 0 Å². The molecule has 0 aliphatic heterocycles. The van der Waals surface area contributed by atoms with E-state index in [1.807, 2.05) is 0 Å². The number of hydrogen-bond acceptors (Lipinski definition) is 3. The van der Waals surface area contributed by atoms with Gasteiger partial charge in [-0.1, -0.05) is 0 Å².